The predicted molar refractivity (Wildman–Crippen MR) is 147 cm³/mol. The molecule has 3 aromatic rings. The minimum absolute atomic E-state index is 0.136. The Morgan fingerprint density at radius 2 is 2.16 bits per heavy atom. The molecule has 1 aromatic carbocycles. The van der Waals surface area contributed by atoms with Gasteiger partial charge in [0, 0.05) is 42.9 Å². The summed E-state index contributed by atoms with van der Waals surface area (Å²) >= 11 is 6.38. The van der Waals surface area contributed by atoms with Crippen molar-refractivity contribution in [2.75, 3.05) is 25.6 Å². The number of rotatable bonds is 5. The number of halogens is 1. The van der Waals surface area contributed by atoms with Crippen molar-refractivity contribution in [2.45, 2.75) is 26.3 Å². The minimum atomic E-state index is -0.249. The fourth-order valence-corrected chi connectivity index (χ4v) is 5.27. The number of nitrogens with zero attached hydrogens (tertiary/aromatic N) is 3. The number of ether oxygens (including phenoxy) is 1. The lowest BCUT2D eigenvalue weighted by atomic mass is 9.75. The highest BCUT2D eigenvalue weighted by Gasteiger charge is 2.46. The predicted octanol–water partition coefficient (Wildman–Crippen LogP) is 4.15. The summed E-state index contributed by atoms with van der Waals surface area (Å²) in [5, 5.41) is 3.38. The van der Waals surface area contributed by atoms with E-state index in [0.29, 0.717) is 47.1 Å². The zero-order chi connectivity index (χ0) is 27.0. The number of hydrogen-bond donors (Lipinski definition) is 2. The molecule has 194 valence electrons. The number of benzene rings is 1. The van der Waals surface area contributed by atoms with E-state index in [0.717, 1.165) is 17.0 Å². The summed E-state index contributed by atoms with van der Waals surface area (Å²) < 4.78 is 7.44. The molecule has 1 fully saturated rings. The quantitative estimate of drug-likeness (QED) is 0.383. The van der Waals surface area contributed by atoms with Gasteiger partial charge in [-0.2, -0.15) is 0 Å². The van der Waals surface area contributed by atoms with Gasteiger partial charge in [-0.15, -0.1) is 0 Å². The molecule has 1 atom stereocenters. The molecule has 4 heterocycles. The Morgan fingerprint density at radius 3 is 2.89 bits per heavy atom. The fraction of sp³-hybridized carbons (Fsp3) is 0.276. The monoisotopic (exact) mass is 529 g/mol. The highest BCUT2D eigenvalue weighted by Crippen LogP contribution is 2.38. The number of fused-ring (bicyclic) bond motifs is 1. The second kappa shape index (κ2) is 9.92. The molecule has 0 spiro atoms. The first kappa shape index (κ1) is 25.4. The molecule has 2 amide bonds. The number of carbonyl (C=O) groups is 2. The van der Waals surface area contributed by atoms with E-state index in [1.807, 2.05) is 28.9 Å². The lowest BCUT2D eigenvalue weighted by molar-refractivity contribution is -0.140. The molecule has 2 aliphatic rings. The highest BCUT2D eigenvalue weighted by molar-refractivity contribution is 6.32. The maximum Gasteiger partial charge on any atom is 0.253 e. The van der Waals surface area contributed by atoms with E-state index >= 15 is 0 Å². The molecule has 2 N–H and O–H groups in total. The number of methoxy groups -OCH3 is 1. The molecule has 38 heavy (non-hydrogen) atoms. The zero-order valence-corrected chi connectivity index (χ0v) is 22.2. The second-order valence-corrected chi connectivity index (χ2v) is 10.3. The SMILES string of the molecule is C=CC(=O)N1CC(C)(C)[C@@H]1C#Cc1cnccc1-c1cc2c(n1Nc1cccc(Cl)c1OC)CCNC2=O. The van der Waals surface area contributed by atoms with Crippen LogP contribution in [0, 0.1) is 17.3 Å². The Kier molecular flexibility index (Phi) is 6.64. The van der Waals surface area contributed by atoms with Gasteiger partial charge in [0.1, 0.15) is 6.04 Å². The molecule has 1 saturated heterocycles. The van der Waals surface area contributed by atoms with Crippen molar-refractivity contribution in [2.24, 2.45) is 5.41 Å². The molecule has 0 radical (unpaired) electrons. The molecule has 0 saturated carbocycles. The van der Waals surface area contributed by atoms with E-state index in [4.69, 9.17) is 16.3 Å². The van der Waals surface area contributed by atoms with Gasteiger partial charge in [0.25, 0.3) is 5.91 Å². The van der Waals surface area contributed by atoms with Crippen LogP contribution in [0.4, 0.5) is 5.69 Å². The Bertz CT molecular complexity index is 1510. The van der Waals surface area contributed by atoms with Crippen LogP contribution in [0.3, 0.4) is 0 Å². The Hall–Kier alpha value is -4.22. The van der Waals surface area contributed by atoms with E-state index in [2.05, 4.69) is 48.0 Å². The summed E-state index contributed by atoms with van der Waals surface area (Å²) in [6.45, 7) is 8.92. The van der Waals surface area contributed by atoms with Crippen LogP contribution >= 0.6 is 11.6 Å². The van der Waals surface area contributed by atoms with Crippen LogP contribution in [0.1, 0.15) is 35.5 Å². The molecular weight excluding hydrogens is 502 g/mol. The first-order valence-corrected chi connectivity index (χ1v) is 12.6. The van der Waals surface area contributed by atoms with Crippen molar-refractivity contribution < 1.29 is 14.3 Å². The number of likely N-dealkylation sites (tertiary alicyclic amines) is 1. The van der Waals surface area contributed by atoms with E-state index in [1.54, 1.807) is 30.5 Å². The van der Waals surface area contributed by atoms with Gasteiger partial charge in [-0.3, -0.25) is 24.7 Å². The average molecular weight is 530 g/mol. The van der Waals surface area contributed by atoms with Crippen LogP contribution in [-0.2, 0) is 11.2 Å². The lowest BCUT2D eigenvalue weighted by Gasteiger charge is -2.51. The molecule has 0 unspecified atom stereocenters. The first-order valence-electron chi connectivity index (χ1n) is 12.3. The van der Waals surface area contributed by atoms with E-state index < -0.39 is 0 Å². The number of hydrogen-bond acceptors (Lipinski definition) is 5. The topological polar surface area (TPSA) is 88.5 Å². The number of aromatic nitrogens is 2. The molecule has 0 aliphatic carbocycles. The van der Waals surface area contributed by atoms with Crippen molar-refractivity contribution in [1.82, 2.24) is 19.9 Å². The Balaban J connectivity index is 1.62. The van der Waals surface area contributed by atoms with Crippen molar-refractivity contribution in [3.63, 3.8) is 0 Å². The number of amides is 2. The number of pyridine rings is 1. The van der Waals surface area contributed by atoms with Gasteiger partial charge in [0.15, 0.2) is 5.75 Å². The van der Waals surface area contributed by atoms with Gasteiger partial charge in [-0.25, -0.2) is 0 Å². The third kappa shape index (κ3) is 4.39. The van der Waals surface area contributed by atoms with Gasteiger partial charge in [0.2, 0.25) is 5.91 Å². The average Bonchev–Trinajstić information content (AvgIpc) is 3.27. The molecular formula is C29H28ClN5O3. The number of carbonyl (C=O) groups excluding carboxylic acids is 2. The van der Waals surface area contributed by atoms with Gasteiger partial charge >= 0.3 is 0 Å². The Morgan fingerprint density at radius 1 is 1.34 bits per heavy atom. The molecule has 8 nitrogen and oxygen atoms in total. The molecule has 5 rings (SSSR count). The fourth-order valence-electron chi connectivity index (χ4n) is 5.02. The van der Waals surface area contributed by atoms with Crippen LogP contribution < -0.4 is 15.5 Å². The van der Waals surface area contributed by atoms with Crippen molar-refractivity contribution in [3.05, 3.63) is 77.2 Å². The third-order valence-electron chi connectivity index (χ3n) is 6.93. The summed E-state index contributed by atoms with van der Waals surface area (Å²) in [5.41, 5.74) is 7.56. The maximum atomic E-state index is 12.8. The number of para-hydroxylation sites is 1. The highest BCUT2D eigenvalue weighted by atomic mass is 35.5. The van der Waals surface area contributed by atoms with Crippen LogP contribution in [-0.4, -0.2) is 52.6 Å². The maximum absolute atomic E-state index is 12.8. The molecule has 2 aromatic heterocycles. The zero-order valence-electron chi connectivity index (χ0n) is 21.5. The normalized spacial score (nSPS) is 17.3. The van der Waals surface area contributed by atoms with Gasteiger partial charge < -0.3 is 15.0 Å². The van der Waals surface area contributed by atoms with Gasteiger partial charge in [-0.05, 0) is 30.3 Å². The lowest BCUT2D eigenvalue weighted by Crippen LogP contribution is -2.62. The summed E-state index contributed by atoms with van der Waals surface area (Å²) in [4.78, 5) is 31.1. The minimum Gasteiger partial charge on any atom is -0.493 e. The smallest absolute Gasteiger partial charge is 0.253 e. The van der Waals surface area contributed by atoms with E-state index in [-0.39, 0.29) is 23.3 Å². The van der Waals surface area contributed by atoms with Crippen LogP contribution in [0.15, 0.2) is 55.4 Å². The standard InChI is InChI=1S/C29H28ClN5O3/c1-5-26(36)34-17-29(2,3)25(34)10-9-18-16-31-13-11-19(18)24-15-20-23(12-14-32-28(20)37)35(24)33-22-8-6-7-21(30)27(22)38-4/h5-8,11,13,15-16,25,33H,1,12,14,17H2,2-4H3,(H,32,37)/t25-/m0/s1. The van der Waals surface area contributed by atoms with Crippen molar-refractivity contribution in [3.8, 4) is 28.8 Å². The molecule has 2 aliphatic heterocycles. The number of nitrogens with one attached hydrogen (secondary N) is 2. The van der Waals surface area contributed by atoms with Crippen LogP contribution in [0.2, 0.25) is 5.02 Å². The molecule has 0 bridgehead atoms. The first-order chi connectivity index (χ1) is 18.2. The summed E-state index contributed by atoms with van der Waals surface area (Å²) in [6.07, 6.45) is 5.34. The third-order valence-corrected chi connectivity index (χ3v) is 7.22. The van der Waals surface area contributed by atoms with E-state index in [1.165, 1.54) is 6.08 Å². The van der Waals surface area contributed by atoms with Gasteiger partial charge in [-0.1, -0.05) is 49.9 Å². The second-order valence-electron chi connectivity index (χ2n) is 9.92. The van der Waals surface area contributed by atoms with Crippen molar-refractivity contribution in [1.29, 1.82) is 0 Å². The van der Waals surface area contributed by atoms with Crippen molar-refractivity contribution >= 4 is 29.1 Å². The van der Waals surface area contributed by atoms with Gasteiger partial charge in [0.05, 0.1) is 40.3 Å². The van der Waals surface area contributed by atoms with E-state index in [9.17, 15) is 9.59 Å². The largest absolute Gasteiger partial charge is 0.493 e. The van der Waals surface area contributed by atoms with Crippen LogP contribution in [0.5, 0.6) is 5.75 Å². The Labute approximate surface area is 226 Å². The number of anilines is 1. The summed E-state index contributed by atoms with van der Waals surface area (Å²) in [6, 6.07) is 8.92. The summed E-state index contributed by atoms with van der Waals surface area (Å²) in [5.74, 6) is 6.78. The van der Waals surface area contributed by atoms with Crippen LogP contribution in [0.25, 0.3) is 11.3 Å². The molecule has 9 heteroatoms. The summed E-state index contributed by atoms with van der Waals surface area (Å²) in [7, 11) is 1.56.